The SMILES string of the molecule is CCC(C)c1ccc(NS(=O)(=O)c2cccc(S(N)(=O)=O)c2)cc1. The predicted molar refractivity (Wildman–Crippen MR) is 93.8 cm³/mol. The maximum absolute atomic E-state index is 12.4. The lowest BCUT2D eigenvalue weighted by Gasteiger charge is -2.12. The molecular weight excluding hydrogens is 348 g/mol. The monoisotopic (exact) mass is 368 g/mol. The maximum atomic E-state index is 12.4. The molecule has 3 N–H and O–H groups in total. The van der Waals surface area contributed by atoms with Gasteiger partial charge in [-0.3, -0.25) is 4.72 Å². The third kappa shape index (κ3) is 4.34. The van der Waals surface area contributed by atoms with Gasteiger partial charge in [0.15, 0.2) is 0 Å². The van der Waals surface area contributed by atoms with E-state index >= 15 is 0 Å². The summed E-state index contributed by atoms with van der Waals surface area (Å²) >= 11 is 0. The molecule has 2 aromatic carbocycles. The number of nitrogens with one attached hydrogen (secondary N) is 1. The normalized spacial score (nSPS) is 13.5. The van der Waals surface area contributed by atoms with E-state index in [1.165, 1.54) is 18.2 Å². The minimum absolute atomic E-state index is 0.167. The molecule has 0 fully saturated rings. The fourth-order valence-electron chi connectivity index (χ4n) is 2.15. The van der Waals surface area contributed by atoms with Crippen molar-refractivity contribution in [2.24, 2.45) is 5.14 Å². The number of primary sulfonamides is 1. The number of hydrogen-bond acceptors (Lipinski definition) is 4. The summed E-state index contributed by atoms with van der Waals surface area (Å²) in [7, 11) is -7.87. The summed E-state index contributed by atoms with van der Waals surface area (Å²) in [6.07, 6.45) is 0.991. The molecule has 2 aromatic rings. The van der Waals surface area contributed by atoms with Crippen LogP contribution in [-0.2, 0) is 20.0 Å². The first-order valence-electron chi connectivity index (χ1n) is 7.39. The Hall–Kier alpha value is -1.90. The van der Waals surface area contributed by atoms with Crippen LogP contribution in [0.15, 0.2) is 58.3 Å². The van der Waals surface area contributed by atoms with Crippen molar-refractivity contribution in [2.75, 3.05) is 4.72 Å². The van der Waals surface area contributed by atoms with E-state index in [1.807, 2.05) is 12.1 Å². The van der Waals surface area contributed by atoms with Gasteiger partial charge in [-0.1, -0.05) is 32.0 Å². The van der Waals surface area contributed by atoms with Crippen LogP contribution < -0.4 is 9.86 Å². The van der Waals surface area contributed by atoms with Crippen molar-refractivity contribution >= 4 is 25.7 Å². The van der Waals surface area contributed by atoms with Crippen molar-refractivity contribution in [1.82, 2.24) is 0 Å². The molecule has 1 atom stereocenters. The van der Waals surface area contributed by atoms with Crippen LogP contribution in [0.5, 0.6) is 0 Å². The molecule has 0 heterocycles. The summed E-state index contributed by atoms with van der Waals surface area (Å²) in [6, 6.07) is 12.0. The number of anilines is 1. The minimum Gasteiger partial charge on any atom is -0.280 e. The largest absolute Gasteiger partial charge is 0.280 e. The van der Waals surface area contributed by atoms with Crippen molar-refractivity contribution in [3.05, 3.63) is 54.1 Å². The van der Waals surface area contributed by atoms with Crippen LogP contribution >= 0.6 is 0 Å². The lowest BCUT2D eigenvalue weighted by Crippen LogP contribution is -2.16. The molecule has 0 amide bonds. The third-order valence-corrected chi connectivity index (χ3v) is 6.08. The highest BCUT2D eigenvalue weighted by atomic mass is 32.2. The standard InChI is InChI=1S/C16H20N2O4S2/c1-3-12(2)13-7-9-14(10-8-13)18-24(21,22)16-6-4-5-15(11-16)23(17,19)20/h4-12,18H,3H2,1-2H3,(H2,17,19,20). The highest BCUT2D eigenvalue weighted by Gasteiger charge is 2.17. The molecule has 2 rings (SSSR count). The predicted octanol–water partition coefficient (Wildman–Crippen LogP) is 2.65. The molecule has 0 aliphatic carbocycles. The van der Waals surface area contributed by atoms with Crippen LogP contribution in [-0.4, -0.2) is 16.8 Å². The summed E-state index contributed by atoms with van der Waals surface area (Å²) in [5.74, 6) is 0.391. The van der Waals surface area contributed by atoms with E-state index in [-0.39, 0.29) is 9.79 Å². The molecule has 130 valence electrons. The first kappa shape index (κ1) is 18.4. The smallest absolute Gasteiger partial charge is 0.261 e. The zero-order valence-corrected chi connectivity index (χ0v) is 15.1. The maximum Gasteiger partial charge on any atom is 0.261 e. The van der Waals surface area contributed by atoms with Crippen molar-refractivity contribution in [3.8, 4) is 0 Å². The summed E-state index contributed by atoms with van der Waals surface area (Å²) in [4.78, 5) is -0.419. The van der Waals surface area contributed by atoms with Crippen LogP contribution in [0.4, 0.5) is 5.69 Å². The molecule has 8 heteroatoms. The fourth-order valence-corrected chi connectivity index (χ4v) is 3.89. The van der Waals surface area contributed by atoms with Crippen LogP contribution in [0.1, 0.15) is 31.7 Å². The molecule has 0 radical (unpaired) electrons. The second-order valence-electron chi connectivity index (χ2n) is 5.56. The second-order valence-corrected chi connectivity index (χ2v) is 8.80. The topological polar surface area (TPSA) is 106 Å². The summed E-state index contributed by atoms with van der Waals surface area (Å²) in [5, 5.41) is 5.04. The lowest BCUT2D eigenvalue weighted by atomic mass is 9.99. The average Bonchev–Trinajstić information content (AvgIpc) is 2.54. The van der Waals surface area contributed by atoms with Crippen molar-refractivity contribution in [3.63, 3.8) is 0 Å². The van der Waals surface area contributed by atoms with Gasteiger partial charge in [0.05, 0.1) is 9.79 Å². The average molecular weight is 368 g/mol. The number of rotatable bonds is 6. The van der Waals surface area contributed by atoms with Gasteiger partial charge >= 0.3 is 0 Å². The number of nitrogens with two attached hydrogens (primary N) is 1. The van der Waals surface area contributed by atoms with E-state index in [2.05, 4.69) is 18.6 Å². The zero-order valence-electron chi connectivity index (χ0n) is 13.4. The van der Waals surface area contributed by atoms with Gasteiger partial charge in [-0.05, 0) is 48.2 Å². The van der Waals surface area contributed by atoms with Crippen LogP contribution in [0.25, 0.3) is 0 Å². The Morgan fingerprint density at radius 3 is 2.12 bits per heavy atom. The van der Waals surface area contributed by atoms with Crippen LogP contribution in [0.3, 0.4) is 0 Å². The highest BCUT2D eigenvalue weighted by Crippen LogP contribution is 2.23. The van der Waals surface area contributed by atoms with Gasteiger partial charge in [0, 0.05) is 5.69 Å². The van der Waals surface area contributed by atoms with Crippen LogP contribution in [0.2, 0.25) is 0 Å². The van der Waals surface area contributed by atoms with E-state index in [9.17, 15) is 16.8 Å². The fraction of sp³-hybridized carbons (Fsp3) is 0.250. The Labute approximate surface area is 142 Å². The summed E-state index contributed by atoms with van der Waals surface area (Å²) < 4.78 is 50.0. The zero-order chi connectivity index (χ0) is 18.0. The first-order valence-corrected chi connectivity index (χ1v) is 10.4. The molecule has 6 nitrogen and oxygen atoms in total. The molecule has 1 unspecified atom stereocenters. The molecule has 0 spiro atoms. The minimum atomic E-state index is -3.97. The van der Waals surface area contributed by atoms with E-state index in [4.69, 9.17) is 5.14 Å². The molecule has 0 bridgehead atoms. The van der Waals surface area contributed by atoms with Crippen molar-refractivity contribution in [1.29, 1.82) is 0 Å². The summed E-state index contributed by atoms with van der Waals surface area (Å²) in [6.45, 7) is 4.18. The van der Waals surface area contributed by atoms with Gasteiger partial charge < -0.3 is 0 Å². The van der Waals surface area contributed by atoms with Crippen molar-refractivity contribution in [2.45, 2.75) is 36.0 Å². The Morgan fingerprint density at radius 2 is 1.58 bits per heavy atom. The number of sulfonamides is 2. The molecule has 0 aliphatic heterocycles. The Kier molecular flexibility index (Phi) is 5.32. The number of benzene rings is 2. The quantitative estimate of drug-likeness (QED) is 0.817. The molecular formula is C16H20N2O4S2. The van der Waals surface area contributed by atoms with Crippen LogP contribution in [0, 0.1) is 0 Å². The number of hydrogen-bond donors (Lipinski definition) is 2. The van der Waals surface area contributed by atoms with E-state index in [1.54, 1.807) is 12.1 Å². The van der Waals surface area contributed by atoms with Gasteiger partial charge in [-0.15, -0.1) is 0 Å². The van der Waals surface area contributed by atoms with Gasteiger partial charge in [-0.25, -0.2) is 22.0 Å². The Bertz CT molecular complexity index is 921. The first-order chi connectivity index (χ1) is 11.1. The van der Waals surface area contributed by atoms with E-state index < -0.39 is 20.0 Å². The van der Waals surface area contributed by atoms with Gasteiger partial charge in [-0.2, -0.15) is 0 Å². The summed E-state index contributed by atoms with van der Waals surface area (Å²) in [5.41, 5.74) is 1.53. The third-order valence-electron chi connectivity index (χ3n) is 3.79. The van der Waals surface area contributed by atoms with E-state index in [0.29, 0.717) is 11.6 Å². The molecule has 0 aromatic heterocycles. The van der Waals surface area contributed by atoms with Gasteiger partial charge in [0.1, 0.15) is 0 Å². The molecule has 0 saturated carbocycles. The Morgan fingerprint density at radius 1 is 1.00 bits per heavy atom. The van der Waals surface area contributed by atoms with Gasteiger partial charge in [0.2, 0.25) is 10.0 Å². The highest BCUT2D eigenvalue weighted by molar-refractivity contribution is 7.93. The Balaban J connectivity index is 2.29. The molecule has 24 heavy (non-hydrogen) atoms. The molecule has 0 aliphatic rings. The lowest BCUT2D eigenvalue weighted by molar-refractivity contribution is 0.597. The van der Waals surface area contributed by atoms with Crippen molar-refractivity contribution < 1.29 is 16.8 Å². The van der Waals surface area contributed by atoms with E-state index in [0.717, 1.165) is 18.1 Å². The van der Waals surface area contributed by atoms with Gasteiger partial charge in [0.25, 0.3) is 10.0 Å². The second kappa shape index (κ2) is 6.92. The molecule has 0 saturated heterocycles.